The molecule has 0 aliphatic carbocycles. The van der Waals surface area contributed by atoms with Gasteiger partial charge >= 0.3 is 0 Å². The van der Waals surface area contributed by atoms with E-state index in [0.717, 1.165) is 12.8 Å². The molecule has 101 valence electrons. The summed E-state index contributed by atoms with van der Waals surface area (Å²) in [6, 6.07) is 0. The summed E-state index contributed by atoms with van der Waals surface area (Å²) in [5.74, 6) is 0. The van der Waals surface area contributed by atoms with Crippen LogP contribution in [0.4, 0.5) is 0 Å². The van der Waals surface area contributed by atoms with Crippen molar-refractivity contribution in [1.29, 1.82) is 0 Å². The second kappa shape index (κ2) is 9.14. The Morgan fingerprint density at radius 1 is 1.41 bits per heavy atom. The summed E-state index contributed by atoms with van der Waals surface area (Å²) in [6.07, 6.45) is 4.51. The maximum absolute atomic E-state index is 10.0. The van der Waals surface area contributed by atoms with Gasteiger partial charge in [0.2, 0.25) is 0 Å². The predicted molar refractivity (Wildman–Crippen MR) is 76.7 cm³/mol. The number of thiol groups is 1. The third-order valence-electron chi connectivity index (χ3n) is 2.65. The molecule has 0 spiro atoms. The van der Waals surface area contributed by atoms with Crippen molar-refractivity contribution < 1.29 is 14.9 Å². The first-order valence-electron chi connectivity index (χ1n) is 6.26. The maximum atomic E-state index is 10.0. The molecule has 0 aliphatic heterocycles. The van der Waals surface area contributed by atoms with Crippen LogP contribution in [0.1, 0.15) is 46.5 Å². The van der Waals surface area contributed by atoms with E-state index >= 15 is 0 Å². The summed E-state index contributed by atoms with van der Waals surface area (Å²) in [5.41, 5.74) is -0.932. The Morgan fingerprint density at radius 3 is 2.53 bits per heavy atom. The molecule has 0 amide bonds. The van der Waals surface area contributed by atoms with Gasteiger partial charge in [-0.2, -0.15) is 12.6 Å². The molecular formula is C12H25O3SSi. The van der Waals surface area contributed by atoms with Gasteiger partial charge in [0, 0.05) is 11.5 Å². The lowest BCUT2D eigenvalue weighted by atomic mass is 10.1. The molecule has 0 fully saturated rings. The van der Waals surface area contributed by atoms with Crippen molar-refractivity contribution in [2.24, 2.45) is 0 Å². The minimum atomic E-state index is -0.932. The molecular weight excluding hydrogens is 252 g/mol. The normalized spacial score (nSPS) is 17.8. The van der Waals surface area contributed by atoms with Crippen molar-refractivity contribution in [2.45, 2.75) is 56.9 Å². The molecule has 1 radical (unpaired) electrons. The van der Waals surface area contributed by atoms with E-state index in [2.05, 4.69) is 19.6 Å². The molecule has 2 atom stereocenters. The zero-order chi connectivity index (χ0) is 13.3. The van der Waals surface area contributed by atoms with E-state index < -0.39 is 5.60 Å². The lowest BCUT2D eigenvalue weighted by Crippen LogP contribution is -2.44. The second-order valence-electron chi connectivity index (χ2n) is 4.33. The third-order valence-corrected chi connectivity index (χ3v) is 4.72. The maximum Gasteiger partial charge on any atom is 0.139 e. The van der Waals surface area contributed by atoms with Gasteiger partial charge in [-0.25, -0.2) is 0 Å². The fourth-order valence-corrected chi connectivity index (χ4v) is 3.15. The van der Waals surface area contributed by atoms with E-state index in [1.165, 1.54) is 12.8 Å². The molecule has 17 heavy (non-hydrogen) atoms. The van der Waals surface area contributed by atoms with Gasteiger partial charge in [-0.1, -0.05) is 26.2 Å². The monoisotopic (exact) mass is 277 g/mol. The van der Waals surface area contributed by atoms with Crippen LogP contribution in [0.2, 0.25) is 0 Å². The topological polar surface area (TPSA) is 49.7 Å². The molecule has 0 heterocycles. The van der Waals surface area contributed by atoms with Crippen molar-refractivity contribution in [3.63, 3.8) is 0 Å². The average molecular weight is 277 g/mol. The highest BCUT2D eigenvalue weighted by molar-refractivity contribution is 7.82. The van der Waals surface area contributed by atoms with E-state index in [1.54, 1.807) is 6.92 Å². The van der Waals surface area contributed by atoms with Crippen molar-refractivity contribution >= 4 is 27.1 Å². The lowest BCUT2D eigenvalue weighted by molar-refractivity contribution is -0.0199. The fraction of sp³-hybridized carbons (Fsp3) is 0.917. The molecule has 0 rings (SSSR count). The quantitative estimate of drug-likeness (QED) is 0.342. The van der Waals surface area contributed by atoms with Gasteiger partial charge in [-0.15, -0.1) is 0 Å². The molecule has 0 aromatic carbocycles. The Balaban J connectivity index is 4.37. The Labute approximate surface area is 112 Å². The number of ether oxygens (including phenoxy) is 1. The zero-order valence-corrected chi connectivity index (χ0v) is 13.0. The van der Waals surface area contributed by atoms with Gasteiger partial charge in [0.25, 0.3) is 0 Å². The first-order valence-corrected chi connectivity index (χ1v) is 7.85. The molecule has 3 nitrogen and oxygen atoms in total. The summed E-state index contributed by atoms with van der Waals surface area (Å²) < 4.78 is 5.40. The summed E-state index contributed by atoms with van der Waals surface area (Å²) in [6.45, 7) is 6.00. The standard InChI is InChI=1S/C12H25O3SSi/c1-4-6-7-8-10(16)17-11(14)12(3,9-13)15-5-2/h10,13-14,16H,4-9H2,1-3H3. The molecule has 0 bridgehead atoms. The van der Waals surface area contributed by atoms with Crippen LogP contribution >= 0.6 is 12.6 Å². The van der Waals surface area contributed by atoms with E-state index in [0.29, 0.717) is 6.61 Å². The molecule has 0 saturated heterocycles. The molecule has 0 aromatic rings. The Hall–Kier alpha value is 0.157. The highest BCUT2D eigenvalue weighted by atomic mass is 32.1. The molecule has 0 aliphatic rings. The zero-order valence-electron chi connectivity index (χ0n) is 11.1. The summed E-state index contributed by atoms with van der Waals surface area (Å²) in [4.78, 5) is 0.160. The minimum Gasteiger partial charge on any atom is -0.515 e. The van der Waals surface area contributed by atoms with Crippen LogP contribution < -0.4 is 0 Å². The second-order valence-corrected chi connectivity index (χ2v) is 6.89. The number of unbranched alkanes of at least 4 members (excludes halogenated alkanes) is 2. The number of hydrogen-bond donors (Lipinski definition) is 3. The highest BCUT2D eigenvalue weighted by Gasteiger charge is 2.29. The van der Waals surface area contributed by atoms with Crippen LogP contribution in [0.15, 0.2) is 0 Å². The number of aliphatic hydroxyl groups is 2. The SMILES string of the molecule is CCCCCC(S)[Si]=C(O)C(C)(CO)OCC. The summed E-state index contributed by atoms with van der Waals surface area (Å²) in [5, 5.41) is 19.5. The van der Waals surface area contributed by atoms with Gasteiger partial charge in [-0.05, 0) is 20.3 Å². The fourth-order valence-electron chi connectivity index (χ4n) is 1.48. The Kier molecular flexibility index (Phi) is 9.22. The van der Waals surface area contributed by atoms with Crippen LogP contribution in [0.5, 0.6) is 0 Å². The minimum absolute atomic E-state index is 0.160. The van der Waals surface area contributed by atoms with Gasteiger partial charge in [0.05, 0.1) is 21.1 Å². The van der Waals surface area contributed by atoms with Crippen LogP contribution in [-0.4, -0.2) is 48.4 Å². The third kappa shape index (κ3) is 6.60. The van der Waals surface area contributed by atoms with Crippen LogP contribution in [0.3, 0.4) is 0 Å². The number of aliphatic hydroxyl groups excluding tert-OH is 2. The first kappa shape index (κ1) is 17.2. The summed E-state index contributed by atoms with van der Waals surface area (Å²) >= 11 is 4.48. The van der Waals surface area contributed by atoms with Gasteiger partial charge in [0.15, 0.2) is 0 Å². The predicted octanol–water partition coefficient (Wildman–Crippen LogP) is 1.82. The van der Waals surface area contributed by atoms with Crippen LogP contribution in [0, 0.1) is 0 Å². The van der Waals surface area contributed by atoms with Gasteiger partial charge < -0.3 is 14.9 Å². The lowest BCUT2D eigenvalue weighted by Gasteiger charge is -2.27. The average Bonchev–Trinajstić information content (AvgIpc) is 2.29. The van der Waals surface area contributed by atoms with Crippen molar-refractivity contribution in [3.8, 4) is 0 Å². The van der Waals surface area contributed by atoms with Crippen LogP contribution in [0.25, 0.3) is 0 Å². The molecule has 5 heteroatoms. The summed E-state index contributed by atoms with van der Waals surface area (Å²) in [7, 11) is 0.210. The van der Waals surface area contributed by atoms with E-state index in [1.807, 2.05) is 6.92 Å². The molecule has 0 saturated carbocycles. The smallest absolute Gasteiger partial charge is 0.139 e. The van der Waals surface area contributed by atoms with Crippen LogP contribution in [-0.2, 0) is 4.74 Å². The molecule has 2 N–H and O–H groups in total. The molecule has 2 unspecified atom stereocenters. The molecule has 0 aromatic heterocycles. The van der Waals surface area contributed by atoms with E-state index in [-0.39, 0.29) is 26.0 Å². The largest absolute Gasteiger partial charge is 0.515 e. The first-order chi connectivity index (χ1) is 8.00. The van der Waals surface area contributed by atoms with Gasteiger partial charge in [0.1, 0.15) is 5.60 Å². The highest BCUT2D eigenvalue weighted by Crippen LogP contribution is 2.12. The number of hydrogen-bond acceptors (Lipinski definition) is 4. The Bertz CT molecular complexity index is 236. The van der Waals surface area contributed by atoms with Crippen molar-refractivity contribution in [2.75, 3.05) is 13.2 Å². The van der Waals surface area contributed by atoms with E-state index in [4.69, 9.17) is 4.74 Å². The Morgan fingerprint density at radius 2 is 2.06 bits per heavy atom. The van der Waals surface area contributed by atoms with E-state index in [9.17, 15) is 10.2 Å². The van der Waals surface area contributed by atoms with Crippen molar-refractivity contribution in [3.05, 3.63) is 0 Å². The van der Waals surface area contributed by atoms with Crippen molar-refractivity contribution in [1.82, 2.24) is 0 Å². The van der Waals surface area contributed by atoms with Gasteiger partial charge in [-0.3, -0.25) is 0 Å². The number of rotatable bonds is 9.